The number of carbonyl (C=O) groups is 1. The average Bonchev–Trinajstić information content (AvgIpc) is 2.49. The lowest BCUT2D eigenvalue weighted by molar-refractivity contribution is 0.102. The van der Waals surface area contributed by atoms with Gasteiger partial charge in [-0.2, -0.15) is 0 Å². The molecule has 4 nitrogen and oxygen atoms in total. The predicted octanol–water partition coefficient (Wildman–Crippen LogP) is 3.32. The number of amides is 1. The molecule has 0 aliphatic carbocycles. The molecule has 0 unspecified atom stereocenters. The van der Waals surface area contributed by atoms with Gasteiger partial charge in [0, 0.05) is 11.3 Å². The maximum Gasteiger partial charge on any atom is 0.480 e. The van der Waals surface area contributed by atoms with Gasteiger partial charge in [0.05, 0.1) is 0 Å². The van der Waals surface area contributed by atoms with Crippen molar-refractivity contribution in [3.63, 3.8) is 0 Å². The van der Waals surface area contributed by atoms with Crippen molar-refractivity contribution in [3.05, 3.63) is 65.7 Å². The second-order valence-electron chi connectivity index (χ2n) is 4.79. The monoisotopic (exact) mass is 284 g/mol. The molecule has 2 aromatic rings. The third kappa shape index (κ3) is 4.76. The highest BCUT2D eigenvalue weighted by Crippen LogP contribution is 2.13. The zero-order valence-electron chi connectivity index (χ0n) is 11.6. The minimum Gasteiger partial charge on any atom is -0.339 e. The minimum absolute atomic E-state index is 0.136. The van der Waals surface area contributed by atoms with E-state index < -0.39 is 5.97 Å². The number of aliphatic carboxylic acids is 1. The largest absolute Gasteiger partial charge is 0.480 e. The van der Waals surface area contributed by atoms with Crippen LogP contribution >= 0.6 is 0 Å². The minimum atomic E-state index is -0.526. The molecule has 0 aromatic heterocycles. The summed E-state index contributed by atoms with van der Waals surface area (Å²) in [6.07, 6.45) is 1.72. The number of rotatable bonds is 6. The Bertz CT molecular complexity index is 606. The van der Waals surface area contributed by atoms with Crippen LogP contribution < -0.4 is 5.32 Å². The van der Waals surface area contributed by atoms with Crippen molar-refractivity contribution in [1.29, 1.82) is 0 Å². The normalized spacial score (nSPS) is 10.1. The number of hydrogen-bond acceptors (Lipinski definition) is 1. The van der Waals surface area contributed by atoms with Gasteiger partial charge in [0.1, 0.15) is 6.42 Å². The highest BCUT2D eigenvalue weighted by molar-refractivity contribution is 6.04. The van der Waals surface area contributed by atoms with E-state index in [1.165, 1.54) is 0 Å². The lowest BCUT2D eigenvalue weighted by Gasteiger charge is -2.06. The van der Waals surface area contributed by atoms with Gasteiger partial charge in [-0.05, 0) is 42.7 Å². The molecule has 2 aromatic carbocycles. The summed E-state index contributed by atoms with van der Waals surface area (Å²) >= 11 is 0. The summed E-state index contributed by atoms with van der Waals surface area (Å²) in [7, 11) is 0. The van der Waals surface area contributed by atoms with Crippen molar-refractivity contribution in [2.45, 2.75) is 19.3 Å². The molecule has 0 aliphatic heterocycles. The summed E-state index contributed by atoms with van der Waals surface area (Å²) < 4.78 is 0. The van der Waals surface area contributed by atoms with E-state index in [-0.39, 0.29) is 12.3 Å². The van der Waals surface area contributed by atoms with Crippen molar-refractivity contribution in [1.82, 2.24) is 0 Å². The quantitative estimate of drug-likeness (QED) is 0.799. The first-order valence-electron chi connectivity index (χ1n) is 6.84. The van der Waals surface area contributed by atoms with Gasteiger partial charge >= 0.3 is 5.97 Å². The fourth-order valence-electron chi connectivity index (χ4n) is 2.00. The fraction of sp³-hybridized carbons (Fsp3) is 0.176. The van der Waals surface area contributed by atoms with E-state index in [9.17, 15) is 4.79 Å². The summed E-state index contributed by atoms with van der Waals surface area (Å²) in [5.41, 5.74) is 2.45. The van der Waals surface area contributed by atoms with E-state index in [0.717, 1.165) is 17.7 Å². The number of benzene rings is 2. The van der Waals surface area contributed by atoms with Gasteiger partial charge in [-0.15, -0.1) is 0 Å². The van der Waals surface area contributed by atoms with Crippen molar-refractivity contribution < 1.29 is 14.7 Å². The molecule has 0 saturated carbocycles. The maximum atomic E-state index is 12.0. The van der Waals surface area contributed by atoms with E-state index in [0.29, 0.717) is 12.0 Å². The van der Waals surface area contributed by atoms with Gasteiger partial charge in [-0.1, -0.05) is 30.3 Å². The van der Waals surface area contributed by atoms with Crippen LogP contribution in [0.4, 0.5) is 5.69 Å². The molecule has 0 aliphatic rings. The fourth-order valence-corrected chi connectivity index (χ4v) is 2.00. The molecule has 4 heteroatoms. The van der Waals surface area contributed by atoms with Crippen LogP contribution in [0, 0.1) is 0 Å². The Balaban J connectivity index is 1.90. The molecule has 0 radical (unpaired) electrons. The molecule has 108 valence electrons. The van der Waals surface area contributed by atoms with E-state index >= 15 is 0 Å². The van der Waals surface area contributed by atoms with Crippen molar-refractivity contribution in [2.24, 2.45) is 0 Å². The Morgan fingerprint density at radius 3 is 2.33 bits per heavy atom. The second-order valence-corrected chi connectivity index (χ2v) is 4.79. The SMILES string of the molecule is O=C(Nc1ccc(CCCC(O)=[OH+])cc1)c1ccccc1. The number of carboxylic acids is 1. The van der Waals surface area contributed by atoms with E-state index in [1.54, 1.807) is 12.1 Å². The maximum absolute atomic E-state index is 12.0. The molecule has 21 heavy (non-hydrogen) atoms. The van der Waals surface area contributed by atoms with Crippen LogP contribution in [0.1, 0.15) is 28.8 Å². The number of nitrogens with one attached hydrogen (secondary N) is 1. The van der Waals surface area contributed by atoms with E-state index in [2.05, 4.69) is 5.32 Å². The number of aliphatic hydroxyl groups excluding tert-OH is 1. The first-order chi connectivity index (χ1) is 10.1. The van der Waals surface area contributed by atoms with Crippen molar-refractivity contribution in [3.8, 4) is 0 Å². The van der Waals surface area contributed by atoms with Crippen LogP contribution in [-0.2, 0) is 6.42 Å². The molecule has 3 N–H and O–H groups in total. The zero-order valence-corrected chi connectivity index (χ0v) is 11.6. The van der Waals surface area contributed by atoms with Gasteiger partial charge in [0.15, 0.2) is 0 Å². The molecule has 0 bridgehead atoms. The third-order valence-corrected chi connectivity index (χ3v) is 3.11. The van der Waals surface area contributed by atoms with Crippen LogP contribution in [-0.4, -0.2) is 21.8 Å². The first kappa shape index (κ1) is 14.8. The van der Waals surface area contributed by atoms with Gasteiger partial charge in [0.2, 0.25) is 0 Å². The molecular formula is C17H18NO3+. The van der Waals surface area contributed by atoms with Crippen LogP contribution in [0.25, 0.3) is 0 Å². The highest BCUT2D eigenvalue weighted by atomic mass is 16.4. The summed E-state index contributed by atoms with van der Waals surface area (Å²) in [6.45, 7) is 0. The van der Waals surface area contributed by atoms with Gasteiger partial charge in [-0.3, -0.25) is 4.79 Å². The Morgan fingerprint density at radius 2 is 1.71 bits per heavy atom. The van der Waals surface area contributed by atoms with Crippen LogP contribution in [0.2, 0.25) is 0 Å². The zero-order chi connectivity index (χ0) is 15.1. The molecule has 0 saturated heterocycles. The van der Waals surface area contributed by atoms with E-state index in [4.69, 9.17) is 9.90 Å². The Kier molecular flexibility index (Phi) is 5.10. The van der Waals surface area contributed by atoms with Gasteiger partial charge in [0.25, 0.3) is 5.91 Å². The van der Waals surface area contributed by atoms with Crippen LogP contribution in [0.5, 0.6) is 0 Å². The molecule has 0 heterocycles. The lowest BCUT2D eigenvalue weighted by atomic mass is 10.1. The molecule has 0 fully saturated rings. The molecule has 0 spiro atoms. The van der Waals surface area contributed by atoms with Gasteiger partial charge < -0.3 is 15.2 Å². The molecule has 2 rings (SSSR count). The summed E-state index contributed by atoms with van der Waals surface area (Å²) in [6, 6.07) is 16.6. The number of anilines is 1. The molecule has 1 amide bonds. The van der Waals surface area contributed by atoms with Crippen LogP contribution in [0.3, 0.4) is 0 Å². The summed E-state index contributed by atoms with van der Waals surface area (Å²) in [5, 5.41) is 11.5. The highest BCUT2D eigenvalue weighted by Gasteiger charge is 2.06. The second kappa shape index (κ2) is 7.24. The smallest absolute Gasteiger partial charge is 0.339 e. The predicted molar refractivity (Wildman–Crippen MR) is 83.3 cm³/mol. The molecule has 0 atom stereocenters. The topological polar surface area (TPSA) is 70.7 Å². The third-order valence-electron chi connectivity index (χ3n) is 3.11. The van der Waals surface area contributed by atoms with Crippen molar-refractivity contribution >= 4 is 17.6 Å². The Hall–Kier alpha value is -2.62. The molecular weight excluding hydrogens is 266 g/mol. The summed E-state index contributed by atoms with van der Waals surface area (Å²) in [5.74, 6) is -0.662. The number of hydrogen-bond donors (Lipinski definition) is 2. The average molecular weight is 284 g/mol. The number of carbonyl (C=O) groups excluding carboxylic acids is 1. The van der Waals surface area contributed by atoms with E-state index in [1.807, 2.05) is 42.5 Å². The Labute approximate surface area is 123 Å². The van der Waals surface area contributed by atoms with Gasteiger partial charge in [-0.25, -0.2) is 0 Å². The summed E-state index contributed by atoms with van der Waals surface area (Å²) in [4.78, 5) is 20.7. The first-order valence-corrected chi connectivity index (χ1v) is 6.84. The van der Waals surface area contributed by atoms with Crippen LogP contribution in [0.15, 0.2) is 54.6 Å². The van der Waals surface area contributed by atoms with Crippen molar-refractivity contribution in [2.75, 3.05) is 5.32 Å². The number of carboxylic acid groups (broad SMARTS) is 1. The Morgan fingerprint density at radius 1 is 1.05 bits per heavy atom. The standard InChI is InChI=1S/C17H17NO3/c19-16(20)8-4-5-13-9-11-15(12-10-13)18-17(21)14-6-2-1-3-7-14/h1-3,6-7,9-12H,4-5,8H2,(H,18,21)(H,19,20)/p+1. The lowest BCUT2D eigenvalue weighted by Crippen LogP contribution is -2.11. The number of aryl methyl sites for hydroxylation is 1.